The Labute approximate surface area is 558 Å². The quantitative estimate of drug-likeness (QED) is 0.0458. The molecule has 528 valence electrons. The van der Waals surface area contributed by atoms with E-state index in [9.17, 15) is 24.1 Å². The number of nitrogens with zero attached hydrogens (tertiary/aromatic N) is 4. The van der Waals surface area contributed by atoms with Gasteiger partial charge < -0.3 is 95.8 Å². The SMILES string of the molecule is CSC(=O)CCOCCOCCOCCOCCNC(=O)CCC(=O)N1Cc2ccccc2-c2nnn(CCOCCOCCOCCOCCOCCOCCOCCOCCOCCOCCC(=O)NCCCCCCOP(O)(=S)OC(C)C)c2-c2ccccc21. The number of nitrogens with one attached hydrogen (secondary N) is 2. The number of benzene rings is 2. The molecule has 1 aliphatic rings. The molecule has 2 heterocycles. The van der Waals surface area contributed by atoms with E-state index in [-0.39, 0.29) is 41.8 Å². The fourth-order valence-corrected chi connectivity index (χ4v) is 10.7. The topological polar surface area (TPSA) is 294 Å². The molecule has 0 saturated carbocycles. The van der Waals surface area contributed by atoms with Crippen LogP contribution in [-0.4, -0.2) is 260 Å². The monoisotopic (exact) mass is 1370 g/mol. The molecule has 1 atom stereocenters. The second kappa shape index (κ2) is 54.0. The number of carbonyl (C=O) groups excluding carboxylic acids is 4. The van der Waals surface area contributed by atoms with Crippen molar-refractivity contribution in [3.05, 3.63) is 54.1 Å². The molecule has 2 aromatic carbocycles. The van der Waals surface area contributed by atoms with Gasteiger partial charge in [-0.2, -0.15) is 0 Å². The lowest BCUT2D eigenvalue weighted by Crippen LogP contribution is -2.34. The van der Waals surface area contributed by atoms with Crippen molar-refractivity contribution in [2.45, 2.75) is 84.4 Å². The molecule has 1 unspecified atom stereocenters. The highest BCUT2D eigenvalue weighted by Crippen LogP contribution is 2.45. The number of hydrogen-bond acceptors (Lipinski definition) is 24. The summed E-state index contributed by atoms with van der Waals surface area (Å²) in [6.45, 7) is 13.9. The lowest BCUT2D eigenvalue weighted by atomic mass is 9.95. The molecule has 0 bridgehead atoms. The molecule has 1 aliphatic heterocycles. The number of para-hydroxylation sites is 1. The van der Waals surface area contributed by atoms with Gasteiger partial charge >= 0.3 is 6.72 Å². The van der Waals surface area contributed by atoms with Crippen molar-refractivity contribution in [1.82, 2.24) is 25.6 Å². The van der Waals surface area contributed by atoms with Crippen LogP contribution in [0.4, 0.5) is 5.69 Å². The number of ether oxygens (including phenoxy) is 14. The molecule has 1 aromatic heterocycles. The van der Waals surface area contributed by atoms with Gasteiger partial charge in [0.05, 0.1) is 222 Å². The summed E-state index contributed by atoms with van der Waals surface area (Å²) in [5.74, 6) is -0.482. The van der Waals surface area contributed by atoms with Crippen LogP contribution in [0.15, 0.2) is 48.5 Å². The Balaban J connectivity index is 0.911. The lowest BCUT2D eigenvalue weighted by Gasteiger charge is -2.28. The molecule has 0 fully saturated rings. The zero-order valence-corrected chi connectivity index (χ0v) is 57.4. The van der Waals surface area contributed by atoms with Crippen molar-refractivity contribution in [1.29, 1.82) is 0 Å². The molecule has 0 spiro atoms. The van der Waals surface area contributed by atoms with E-state index in [0.717, 1.165) is 48.1 Å². The van der Waals surface area contributed by atoms with Gasteiger partial charge in [-0.05, 0) is 56.4 Å². The molecule has 93 heavy (non-hydrogen) atoms. The fourth-order valence-electron chi connectivity index (χ4n) is 8.69. The largest absolute Gasteiger partial charge is 0.379 e. The molecule has 0 aliphatic carbocycles. The number of thioether (sulfide) groups is 1. The molecule has 27 nitrogen and oxygen atoms in total. The van der Waals surface area contributed by atoms with Crippen LogP contribution in [-0.2, 0) is 119 Å². The molecule has 30 heteroatoms. The molecule has 3 N–H and O–H groups in total. The van der Waals surface area contributed by atoms with E-state index >= 15 is 0 Å². The van der Waals surface area contributed by atoms with Crippen LogP contribution >= 0.6 is 18.5 Å². The minimum atomic E-state index is -3.15. The third kappa shape index (κ3) is 39.7. The Bertz CT molecular complexity index is 2490. The number of unbranched alkanes of at least 4 members (excludes halogenated alkanes) is 3. The molecule has 0 radical (unpaired) electrons. The average Bonchev–Trinajstić information content (AvgIpc) is 1.71. The van der Waals surface area contributed by atoms with Crippen LogP contribution < -0.4 is 15.5 Å². The molecule has 3 amide bonds. The molecule has 0 saturated heterocycles. The Morgan fingerprint density at radius 3 is 1.46 bits per heavy atom. The van der Waals surface area contributed by atoms with Gasteiger partial charge in [-0.15, -0.1) is 5.10 Å². The highest BCUT2D eigenvalue weighted by molar-refractivity contribution is 8.13. The number of amides is 3. The van der Waals surface area contributed by atoms with Crippen molar-refractivity contribution in [2.75, 3.05) is 216 Å². The normalized spacial score (nSPS) is 12.7. The van der Waals surface area contributed by atoms with E-state index in [1.54, 1.807) is 25.0 Å². The van der Waals surface area contributed by atoms with Gasteiger partial charge in [0.2, 0.25) is 17.7 Å². The fraction of sp³-hybridized carbons (Fsp3) is 0.714. The summed E-state index contributed by atoms with van der Waals surface area (Å²) in [6.07, 6.45) is 5.75. The first-order valence-electron chi connectivity index (χ1n) is 32.2. The maximum absolute atomic E-state index is 14.0. The van der Waals surface area contributed by atoms with E-state index in [0.29, 0.717) is 242 Å². The van der Waals surface area contributed by atoms with Crippen LogP contribution in [0, 0.1) is 0 Å². The maximum Gasteiger partial charge on any atom is 0.324 e. The zero-order valence-electron chi connectivity index (χ0n) is 54.9. The van der Waals surface area contributed by atoms with E-state index in [4.69, 9.17) is 87.2 Å². The number of hydrogen-bond donors (Lipinski definition) is 3. The predicted octanol–water partition coefficient (Wildman–Crippen LogP) is 5.59. The summed E-state index contributed by atoms with van der Waals surface area (Å²) in [6, 6.07) is 15.5. The number of anilines is 1. The van der Waals surface area contributed by atoms with Crippen LogP contribution in [0.3, 0.4) is 0 Å². The van der Waals surface area contributed by atoms with Gasteiger partial charge in [-0.3, -0.25) is 19.2 Å². The van der Waals surface area contributed by atoms with Crippen LogP contribution in [0.2, 0.25) is 0 Å². The van der Waals surface area contributed by atoms with Crippen LogP contribution in [0.5, 0.6) is 0 Å². The van der Waals surface area contributed by atoms with E-state index in [1.165, 1.54) is 11.8 Å². The number of rotatable bonds is 61. The van der Waals surface area contributed by atoms with Gasteiger partial charge in [0.25, 0.3) is 0 Å². The minimum absolute atomic E-state index is 0.00801. The average molecular weight is 1380 g/mol. The van der Waals surface area contributed by atoms with E-state index < -0.39 is 6.72 Å². The number of aromatic nitrogens is 3. The Morgan fingerprint density at radius 1 is 0.516 bits per heavy atom. The Kier molecular flexibility index (Phi) is 47.3. The second-order valence-corrected chi connectivity index (χ2v) is 24.5. The van der Waals surface area contributed by atoms with Crippen molar-refractivity contribution < 1.29 is 99.4 Å². The van der Waals surface area contributed by atoms with Gasteiger partial charge in [-0.1, -0.05) is 72.3 Å². The predicted molar refractivity (Wildman–Crippen MR) is 354 cm³/mol. The summed E-state index contributed by atoms with van der Waals surface area (Å²) >= 11 is 6.15. The van der Waals surface area contributed by atoms with Gasteiger partial charge in [0.1, 0.15) is 5.69 Å². The van der Waals surface area contributed by atoms with Crippen molar-refractivity contribution >= 4 is 58.8 Å². The summed E-state index contributed by atoms with van der Waals surface area (Å²) in [4.78, 5) is 61.8. The first kappa shape index (κ1) is 81.4. The van der Waals surface area contributed by atoms with E-state index in [2.05, 4.69) is 20.9 Å². The van der Waals surface area contributed by atoms with Crippen LogP contribution in [0.1, 0.15) is 70.8 Å². The van der Waals surface area contributed by atoms with Crippen LogP contribution in [0.25, 0.3) is 22.5 Å². The van der Waals surface area contributed by atoms with E-state index in [1.807, 2.05) is 53.2 Å². The highest BCUT2D eigenvalue weighted by atomic mass is 32.5. The first-order valence-corrected chi connectivity index (χ1v) is 36.1. The molecule has 3 aromatic rings. The van der Waals surface area contributed by atoms with Crippen molar-refractivity contribution in [3.63, 3.8) is 0 Å². The molecular weight excluding hydrogens is 1270 g/mol. The zero-order chi connectivity index (χ0) is 66.5. The van der Waals surface area contributed by atoms with Gasteiger partial charge in [-0.25, -0.2) is 4.68 Å². The Morgan fingerprint density at radius 2 is 0.946 bits per heavy atom. The molecule has 4 rings (SSSR count). The summed E-state index contributed by atoms with van der Waals surface area (Å²) in [7, 11) is 0. The second-order valence-electron chi connectivity index (χ2n) is 20.9. The lowest BCUT2D eigenvalue weighted by molar-refractivity contribution is -0.125. The number of carbonyl (C=O) groups is 4. The first-order chi connectivity index (χ1) is 45.5. The third-order valence-corrected chi connectivity index (χ3v) is 15.7. The summed E-state index contributed by atoms with van der Waals surface area (Å²) in [5, 5.41) is 15.0. The highest BCUT2D eigenvalue weighted by Gasteiger charge is 2.29. The third-order valence-electron chi connectivity index (χ3n) is 13.3. The summed E-state index contributed by atoms with van der Waals surface area (Å²) < 4.78 is 90.3. The van der Waals surface area contributed by atoms with Gasteiger partial charge in [0, 0.05) is 49.9 Å². The Hall–Kier alpha value is -4.02. The summed E-state index contributed by atoms with van der Waals surface area (Å²) in [5.41, 5.74) is 4.75. The van der Waals surface area contributed by atoms with Gasteiger partial charge in [0.15, 0.2) is 5.12 Å². The smallest absolute Gasteiger partial charge is 0.324 e. The minimum Gasteiger partial charge on any atom is -0.379 e. The maximum atomic E-state index is 14.0. The van der Waals surface area contributed by atoms with Crippen molar-refractivity contribution in [2.24, 2.45) is 0 Å². The number of fused-ring (bicyclic) bond motifs is 5. The standard InChI is InChI=1S/C63H103N6O21PS2/c1-53(2)90-91(74,92)89-23-11-5-4-10-20-64-59(71)18-24-75-28-32-79-37-40-83-42-44-85-46-48-87-50-51-88-49-47-86-45-43-84-41-39-82-35-31-78-27-22-69-63-56-14-8-9-15-57(56)68(52-54-12-6-7-13-55(54)62(63)66-67-69)60(72)17-16-58(70)65-21-26-77-30-34-81-38-36-80-33-29-76-25-19-61(73)93-3/h6-9,12-15,53H,4-5,10-11,16-52H2,1-3H3,(H,64,71)(H,65,70)(H,74,92). The molecular formula is C63H103N6O21PS2. The van der Waals surface area contributed by atoms with Crippen molar-refractivity contribution in [3.8, 4) is 22.5 Å².